The lowest BCUT2D eigenvalue weighted by atomic mass is 10.0. The molecule has 23 heavy (non-hydrogen) atoms. The summed E-state index contributed by atoms with van der Waals surface area (Å²) in [7, 11) is 1.36. The molecule has 1 atom stereocenters. The van der Waals surface area contributed by atoms with Crippen LogP contribution >= 0.6 is 23.4 Å². The number of rotatable bonds is 5. The van der Waals surface area contributed by atoms with Crippen LogP contribution in [0.1, 0.15) is 19.5 Å². The SMILES string of the molecule is CCc1nc(SC(C)C(=O)OC)nc(N)c1-c1ccc(Cl)cc1. The smallest absolute Gasteiger partial charge is 0.318 e. The van der Waals surface area contributed by atoms with Crippen LogP contribution < -0.4 is 5.73 Å². The molecule has 0 radical (unpaired) electrons. The van der Waals surface area contributed by atoms with Gasteiger partial charge in [0.2, 0.25) is 0 Å². The van der Waals surface area contributed by atoms with Gasteiger partial charge in [-0.25, -0.2) is 9.97 Å². The molecule has 0 bridgehead atoms. The van der Waals surface area contributed by atoms with E-state index < -0.39 is 5.25 Å². The van der Waals surface area contributed by atoms with Gasteiger partial charge in [-0.05, 0) is 31.0 Å². The van der Waals surface area contributed by atoms with Crippen molar-refractivity contribution in [3.63, 3.8) is 0 Å². The summed E-state index contributed by atoms with van der Waals surface area (Å²) in [5, 5.41) is 0.728. The number of anilines is 1. The molecule has 0 aliphatic rings. The molecule has 0 spiro atoms. The molecule has 5 nitrogen and oxygen atoms in total. The van der Waals surface area contributed by atoms with Crippen LogP contribution in [0.25, 0.3) is 11.1 Å². The second-order valence-electron chi connectivity index (χ2n) is 4.86. The summed E-state index contributed by atoms with van der Waals surface area (Å²) in [5.41, 5.74) is 8.69. The summed E-state index contributed by atoms with van der Waals surface area (Å²) in [5.74, 6) is 0.0655. The molecular weight excluding hydrogens is 334 g/mol. The maximum atomic E-state index is 11.5. The quantitative estimate of drug-likeness (QED) is 0.504. The van der Waals surface area contributed by atoms with Crippen molar-refractivity contribution >= 4 is 35.1 Å². The number of methoxy groups -OCH3 is 1. The molecule has 2 rings (SSSR count). The van der Waals surface area contributed by atoms with Crippen LogP contribution in [0.3, 0.4) is 0 Å². The summed E-state index contributed by atoms with van der Waals surface area (Å²) in [4.78, 5) is 20.4. The number of thioether (sulfide) groups is 1. The van der Waals surface area contributed by atoms with E-state index in [0.717, 1.165) is 16.8 Å². The number of aryl methyl sites for hydroxylation is 1. The van der Waals surface area contributed by atoms with Crippen molar-refractivity contribution < 1.29 is 9.53 Å². The third-order valence-corrected chi connectivity index (χ3v) is 4.47. The second-order valence-corrected chi connectivity index (χ2v) is 6.60. The van der Waals surface area contributed by atoms with Gasteiger partial charge >= 0.3 is 5.97 Å². The molecule has 1 unspecified atom stereocenters. The molecule has 2 aromatic rings. The molecule has 122 valence electrons. The molecule has 0 saturated carbocycles. The zero-order chi connectivity index (χ0) is 17.0. The van der Waals surface area contributed by atoms with Crippen molar-refractivity contribution in [3.8, 4) is 11.1 Å². The van der Waals surface area contributed by atoms with Gasteiger partial charge in [-0.15, -0.1) is 0 Å². The summed E-state index contributed by atoms with van der Waals surface area (Å²) in [6.07, 6.45) is 0.699. The molecule has 1 heterocycles. The number of hydrogen-bond donors (Lipinski definition) is 1. The highest BCUT2D eigenvalue weighted by Crippen LogP contribution is 2.32. The van der Waals surface area contributed by atoms with Gasteiger partial charge in [-0.1, -0.05) is 42.4 Å². The normalized spacial score (nSPS) is 12.0. The number of aromatic nitrogens is 2. The lowest BCUT2D eigenvalue weighted by Crippen LogP contribution is -2.15. The van der Waals surface area contributed by atoms with Gasteiger partial charge in [0, 0.05) is 10.6 Å². The Labute approximate surface area is 144 Å². The van der Waals surface area contributed by atoms with Crippen molar-refractivity contribution in [2.24, 2.45) is 0 Å². The van der Waals surface area contributed by atoms with Crippen LogP contribution in [0.4, 0.5) is 5.82 Å². The first-order valence-electron chi connectivity index (χ1n) is 7.13. The summed E-state index contributed by atoms with van der Waals surface area (Å²) >= 11 is 7.16. The van der Waals surface area contributed by atoms with Crippen LogP contribution in [0.15, 0.2) is 29.4 Å². The van der Waals surface area contributed by atoms with Crippen LogP contribution in [-0.4, -0.2) is 28.3 Å². The molecule has 1 aromatic carbocycles. The van der Waals surface area contributed by atoms with Crippen molar-refractivity contribution in [2.45, 2.75) is 30.7 Å². The van der Waals surface area contributed by atoms with Crippen LogP contribution in [-0.2, 0) is 16.0 Å². The van der Waals surface area contributed by atoms with E-state index in [1.807, 2.05) is 19.1 Å². The van der Waals surface area contributed by atoms with Gasteiger partial charge in [0.15, 0.2) is 5.16 Å². The maximum Gasteiger partial charge on any atom is 0.318 e. The number of carbonyl (C=O) groups is 1. The number of nitrogen functional groups attached to an aromatic ring is 1. The first-order valence-corrected chi connectivity index (χ1v) is 8.38. The zero-order valence-corrected chi connectivity index (χ0v) is 14.7. The van der Waals surface area contributed by atoms with Crippen molar-refractivity contribution in [1.82, 2.24) is 9.97 Å². The topological polar surface area (TPSA) is 78.1 Å². The van der Waals surface area contributed by atoms with E-state index in [4.69, 9.17) is 22.1 Å². The minimum atomic E-state index is -0.398. The van der Waals surface area contributed by atoms with Gasteiger partial charge in [0.1, 0.15) is 11.1 Å². The molecule has 0 aliphatic carbocycles. The lowest BCUT2D eigenvalue weighted by Gasteiger charge is -2.13. The van der Waals surface area contributed by atoms with E-state index in [-0.39, 0.29) is 5.97 Å². The summed E-state index contributed by atoms with van der Waals surface area (Å²) in [6, 6.07) is 7.39. The number of benzene rings is 1. The van der Waals surface area contributed by atoms with Gasteiger partial charge in [-0.2, -0.15) is 0 Å². The average molecular weight is 352 g/mol. The maximum absolute atomic E-state index is 11.5. The first kappa shape index (κ1) is 17.6. The number of ether oxygens (including phenoxy) is 1. The highest BCUT2D eigenvalue weighted by atomic mass is 35.5. The fourth-order valence-electron chi connectivity index (χ4n) is 2.11. The Bertz CT molecular complexity index is 707. The molecule has 1 aromatic heterocycles. The van der Waals surface area contributed by atoms with Crippen molar-refractivity contribution in [3.05, 3.63) is 35.0 Å². The Hall–Kier alpha value is -1.79. The Morgan fingerprint density at radius 1 is 1.35 bits per heavy atom. The Balaban J connectivity index is 2.39. The Morgan fingerprint density at radius 2 is 2.00 bits per heavy atom. The lowest BCUT2D eigenvalue weighted by molar-refractivity contribution is -0.139. The third-order valence-electron chi connectivity index (χ3n) is 3.27. The summed E-state index contributed by atoms with van der Waals surface area (Å²) < 4.78 is 4.72. The molecular formula is C16H18ClN3O2S. The van der Waals surface area contributed by atoms with Crippen LogP contribution in [0, 0.1) is 0 Å². The first-order chi connectivity index (χ1) is 11.0. The molecule has 0 fully saturated rings. The molecule has 7 heteroatoms. The van der Waals surface area contributed by atoms with E-state index in [9.17, 15) is 4.79 Å². The van der Waals surface area contributed by atoms with Crippen LogP contribution in [0.5, 0.6) is 0 Å². The number of nitrogens with zero attached hydrogens (tertiary/aromatic N) is 2. The molecule has 0 aliphatic heterocycles. The van der Waals surface area contributed by atoms with E-state index in [0.29, 0.717) is 22.4 Å². The van der Waals surface area contributed by atoms with Crippen molar-refractivity contribution in [2.75, 3.05) is 12.8 Å². The predicted octanol–water partition coefficient (Wildman–Crippen LogP) is 3.60. The number of hydrogen-bond acceptors (Lipinski definition) is 6. The Kier molecular flexibility index (Phi) is 5.85. The number of halogens is 1. The Morgan fingerprint density at radius 3 is 2.57 bits per heavy atom. The monoisotopic (exact) mass is 351 g/mol. The van der Waals surface area contributed by atoms with Gasteiger partial charge in [0.25, 0.3) is 0 Å². The molecule has 2 N–H and O–H groups in total. The molecule has 0 saturated heterocycles. The third kappa shape index (κ3) is 4.14. The van der Waals surface area contributed by atoms with E-state index in [1.165, 1.54) is 18.9 Å². The van der Waals surface area contributed by atoms with E-state index in [1.54, 1.807) is 19.1 Å². The minimum Gasteiger partial charge on any atom is -0.468 e. The van der Waals surface area contributed by atoms with Gasteiger partial charge < -0.3 is 10.5 Å². The highest BCUT2D eigenvalue weighted by molar-refractivity contribution is 8.00. The number of nitrogens with two attached hydrogens (primary N) is 1. The zero-order valence-electron chi connectivity index (χ0n) is 13.2. The highest BCUT2D eigenvalue weighted by Gasteiger charge is 2.19. The molecule has 0 amide bonds. The standard InChI is InChI=1S/C16H18ClN3O2S/c1-4-12-13(10-5-7-11(17)8-6-10)14(18)20-16(19-12)23-9(2)15(21)22-3/h5-9H,4H2,1-3H3,(H2,18,19,20). The van der Waals surface area contributed by atoms with E-state index in [2.05, 4.69) is 9.97 Å². The van der Waals surface area contributed by atoms with Crippen LogP contribution in [0.2, 0.25) is 5.02 Å². The van der Waals surface area contributed by atoms with Gasteiger partial charge in [-0.3, -0.25) is 4.79 Å². The average Bonchev–Trinajstić information content (AvgIpc) is 2.54. The fourth-order valence-corrected chi connectivity index (χ4v) is 3.06. The predicted molar refractivity (Wildman–Crippen MR) is 93.6 cm³/mol. The van der Waals surface area contributed by atoms with E-state index >= 15 is 0 Å². The largest absolute Gasteiger partial charge is 0.468 e. The number of carbonyl (C=O) groups excluding carboxylic acids is 1. The number of esters is 1. The fraction of sp³-hybridized carbons (Fsp3) is 0.312. The minimum absolute atomic E-state index is 0.322. The second kappa shape index (κ2) is 7.66. The van der Waals surface area contributed by atoms with Crippen molar-refractivity contribution in [1.29, 1.82) is 0 Å². The summed E-state index contributed by atoms with van der Waals surface area (Å²) in [6.45, 7) is 3.74. The van der Waals surface area contributed by atoms with Gasteiger partial charge in [0.05, 0.1) is 12.8 Å².